The van der Waals surface area contributed by atoms with Crippen LogP contribution >= 0.6 is 0 Å². The normalized spacial score (nSPS) is 26.7. The molecule has 134 valence electrons. The second-order valence-electron chi connectivity index (χ2n) is 6.52. The van der Waals surface area contributed by atoms with Gasteiger partial charge in [0.15, 0.2) is 0 Å². The molecule has 3 N–H and O–H groups in total. The van der Waals surface area contributed by atoms with Gasteiger partial charge < -0.3 is 25.3 Å². The van der Waals surface area contributed by atoms with E-state index >= 15 is 0 Å². The van der Waals surface area contributed by atoms with E-state index < -0.39 is 0 Å². The molecule has 6 nitrogen and oxygen atoms in total. The predicted molar refractivity (Wildman–Crippen MR) is 88.2 cm³/mol. The Morgan fingerprint density at radius 2 is 1.61 bits per heavy atom. The molecule has 0 radical (unpaired) electrons. The van der Waals surface area contributed by atoms with Crippen LogP contribution in [0, 0.1) is 17.8 Å². The van der Waals surface area contributed by atoms with Gasteiger partial charge in [-0.15, -0.1) is 0 Å². The fourth-order valence-electron chi connectivity index (χ4n) is 3.60. The van der Waals surface area contributed by atoms with E-state index in [2.05, 4.69) is 5.32 Å². The maximum absolute atomic E-state index is 11.7. The molecule has 2 saturated carbocycles. The number of rotatable bonds is 10. The number of carbonyl (C=O) groups is 1. The molecule has 0 aromatic carbocycles. The quantitative estimate of drug-likeness (QED) is 0.599. The zero-order valence-electron chi connectivity index (χ0n) is 14.1. The SMILES string of the molecule is NCCOCCOCCNC(=O)OCC1C2CCCCCCC21. The highest BCUT2D eigenvalue weighted by atomic mass is 16.6. The minimum atomic E-state index is -0.327. The van der Waals surface area contributed by atoms with Gasteiger partial charge in [0.2, 0.25) is 0 Å². The Labute approximate surface area is 139 Å². The van der Waals surface area contributed by atoms with Crippen molar-refractivity contribution in [3.05, 3.63) is 0 Å². The predicted octanol–water partition coefficient (Wildman–Crippen LogP) is 1.92. The molecular weight excluding hydrogens is 296 g/mol. The molecule has 0 aromatic heterocycles. The number of nitrogens with one attached hydrogen (secondary N) is 1. The van der Waals surface area contributed by atoms with Gasteiger partial charge >= 0.3 is 6.09 Å². The van der Waals surface area contributed by atoms with Gasteiger partial charge in [0.05, 0.1) is 33.0 Å². The minimum Gasteiger partial charge on any atom is -0.449 e. The average Bonchev–Trinajstić information content (AvgIpc) is 3.17. The molecule has 0 aromatic rings. The van der Waals surface area contributed by atoms with Crippen LogP contribution in [-0.4, -0.2) is 52.2 Å². The van der Waals surface area contributed by atoms with E-state index in [9.17, 15) is 4.79 Å². The molecule has 2 aliphatic carbocycles. The maximum atomic E-state index is 11.7. The summed E-state index contributed by atoms with van der Waals surface area (Å²) < 4.78 is 15.9. The van der Waals surface area contributed by atoms with Crippen molar-refractivity contribution in [2.45, 2.75) is 38.5 Å². The van der Waals surface area contributed by atoms with Crippen LogP contribution in [0.4, 0.5) is 4.79 Å². The lowest BCUT2D eigenvalue weighted by Crippen LogP contribution is -2.29. The lowest BCUT2D eigenvalue weighted by Gasteiger charge is -2.08. The largest absolute Gasteiger partial charge is 0.449 e. The highest BCUT2D eigenvalue weighted by Crippen LogP contribution is 2.53. The Hall–Kier alpha value is -0.850. The number of hydrogen-bond donors (Lipinski definition) is 2. The fourth-order valence-corrected chi connectivity index (χ4v) is 3.60. The summed E-state index contributed by atoms with van der Waals surface area (Å²) in [6.45, 7) is 3.64. The Morgan fingerprint density at radius 1 is 0.957 bits per heavy atom. The molecule has 0 spiro atoms. The van der Waals surface area contributed by atoms with Crippen LogP contribution in [0.25, 0.3) is 0 Å². The molecule has 1 amide bonds. The van der Waals surface area contributed by atoms with E-state index in [0.29, 0.717) is 52.0 Å². The third-order valence-electron chi connectivity index (χ3n) is 4.89. The molecule has 2 unspecified atom stereocenters. The summed E-state index contributed by atoms with van der Waals surface area (Å²) >= 11 is 0. The molecule has 0 saturated heterocycles. The van der Waals surface area contributed by atoms with Gasteiger partial charge in [0.1, 0.15) is 0 Å². The fraction of sp³-hybridized carbons (Fsp3) is 0.941. The van der Waals surface area contributed by atoms with Gasteiger partial charge in [-0.05, 0) is 30.6 Å². The molecule has 0 bridgehead atoms. The van der Waals surface area contributed by atoms with E-state index in [0.717, 1.165) is 11.8 Å². The third-order valence-corrected chi connectivity index (χ3v) is 4.89. The molecule has 6 heteroatoms. The first-order valence-electron chi connectivity index (χ1n) is 9.09. The second kappa shape index (κ2) is 10.8. The van der Waals surface area contributed by atoms with Gasteiger partial charge in [-0.25, -0.2) is 4.79 Å². The summed E-state index contributed by atoms with van der Waals surface area (Å²) in [6, 6.07) is 0. The van der Waals surface area contributed by atoms with Gasteiger partial charge in [0, 0.05) is 13.1 Å². The maximum Gasteiger partial charge on any atom is 0.407 e. The highest BCUT2D eigenvalue weighted by molar-refractivity contribution is 5.67. The molecule has 2 fully saturated rings. The molecule has 2 atom stereocenters. The topological polar surface area (TPSA) is 82.8 Å². The van der Waals surface area contributed by atoms with Crippen molar-refractivity contribution in [1.82, 2.24) is 5.32 Å². The van der Waals surface area contributed by atoms with E-state index in [1.54, 1.807) is 0 Å². The van der Waals surface area contributed by atoms with Crippen molar-refractivity contribution < 1.29 is 19.0 Å². The minimum absolute atomic E-state index is 0.327. The molecule has 23 heavy (non-hydrogen) atoms. The molecular formula is C17H32N2O4. The van der Waals surface area contributed by atoms with E-state index in [-0.39, 0.29) is 6.09 Å². The van der Waals surface area contributed by atoms with E-state index in [1.165, 1.54) is 38.5 Å². The summed E-state index contributed by atoms with van der Waals surface area (Å²) in [7, 11) is 0. The molecule has 0 heterocycles. The Morgan fingerprint density at radius 3 is 2.26 bits per heavy atom. The van der Waals surface area contributed by atoms with E-state index in [1.807, 2.05) is 0 Å². The molecule has 2 rings (SSSR count). The van der Waals surface area contributed by atoms with Gasteiger partial charge in [-0.1, -0.05) is 25.7 Å². The standard InChI is InChI=1S/C17H32N2O4/c18-7-9-21-11-12-22-10-8-19-17(20)23-13-16-14-5-3-1-2-4-6-15(14)16/h14-16H,1-13,18H2,(H,19,20). The highest BCUT2D eigenvalue weighted by Gasteiger charge is 2.49. The smallest absolute Gasteiger partial charge is 0.407 e. The number of nitrogens with two attached hydrogens (primary N) is 1. The third kappa shape index (κ3) is 7.06. The van der Waals surface area contributed by atoms with Gasteiger partial charge in [-0.2, -0.15) is 0 Å². The van der Waals surface area contributed by atoms with Crippen molar-refractivity contribution in [2.75, 3.05) is 46.1 Å². The van der Waals surface area contributed by atoms with Crippen LogP contribution in [0.5, 0.6) is 0 Å². The lowest BCUT2D eigenvalue weighted by molar-refractivity contribution is 0.0511. The number of ether oxygens (including phenoxy) is 3. The van der Waals surface area contributed by atoms with Crippen molar-refractivity contribution in [3.63, 3.8) is 0 Å². The lowest BCUT2D eigenvalue weighted by atomic mass is 10.0. The Kier molecular flexibility index (Phi) is 8.71. The Bertz CT molecular complexity index is 327. The summed E-state index contributed by atoms with van der Waals surface area (Å²) in [4.78, 5) is 11.7. The first-order valence-corrected chi connectivity index (χ1v) is 9.09. The molecule has 2 aliphatic rings. The van der Waals surface area contributed by atoms with Crippen LogP contribution in [0.15, 0.2) is 0 Å². The molecule has 0 aliphatic heterocycles. The summed E-state index contributed by atoms with van der Waals surface area (Å²) in [5, 5.41) is 2.73. The summed E-state index contributed by atoms with van der Waals surface area (Å²) in [5.41, 5.74) is 5.30. The first-order chi connectivity index (χ1) is 11.3. The number of hydrogen-bond acceptors (Lipinski definition) is 5. The number of alkyl carbamates (subject to hydrolysis) is 1. The van der Waals surface area contributed by atoms with Crippen LogP contribution < -0.4 is 11.1 Å². The van der Waals surface area contributed by atoms with Gasteiger partial charge in [-0.3, -0.25) is 0 Å². The Balaban J connectivity index is 1.43. The van der Waals surface area contributed by atoms with Crippen molar-refractivity contribution in [1.29, 1.82) is 0 Å². The summed E-state index contributed by atoms with van der Waals surface area (Å²) in [6.07, 6.45) is 7.74. The van der Waals surface area contributed by atoms with Crippen LogP contribution in [0.3, 0.4) is 0 Å². The van der Waals surface area contributed by atoms with Gasteiger partial charge in [0.25, 0.3) is 0 Å². The number of amides is 1. The zero-order chi connectivity index (χ0) is 16.3. The number of carbonyl (C=O) groups excluding carboxylic acids is 1. The van der Waals surface area contributed by atoms with Crippen LogP contribution in [-0.2, 0) is 14.2 Å². The number of fused-ring (bicyclic) bond motifs is 1. The summed E-state index contributed by atoms with van der Waals surface area (Å²) in [5.74, 6) is 2.22. The second-order valence-corrected chi connectivity index (χ2v) is 6.52. The van der Waals surface area contributed by atoms with E-state index in [4.69, 9.17) is 19.9 Å². The first kappa shape index (κ1) is 18.5. The zero-order valence-corrected chi connectivity index (χ0v) is 14.1. The average molecular weight is 328 g/mol. The van der Waals surface area contributed by atoms with Crippen molar-refractivity contribution in [2.24, 2.45) is 23.5 Å². The van der Waals surface area contributed by atoms with Crippen molar-refractivity contribution >= 4 is 6.09 Å². The van der Waals surface area contributed by atoms with Crippen LogP contribution in [0.1, 0.15) is 38.5 Å². The van der Waals surface area contributed by atoms with Crippen LogP contribution in [0.2, 0.25) is 0 Å². The monoisotopic (exact) mass is 328 g/mol. The van der Waals surface area contributed by atoms with Crippen molar-refractivity contribution in [3.8, 4) is 0 Å².